The number of benzene rings is 2. The summed E-state index contributed by atoms with van der Waals surface area (Å²) in [6.45, 7) is 3.58. The summed E-state index contributed by atoms with van der Waals surface area (Å²) >= 11 is 0. The summed E-state index contributed by atoms with van der Waals surface area (Å²) in [5, 5.41) is 2.82. The molecule has 2 N–H and O–H groups in total. The fourth-order valence-electron chi connectivity index (χ4n) is 3.31. The number of ether oxygens (including phenoxy) is 1. The molecule has 8 nitrogen and oxygen atoms in total. The maximum atomic E-state index is 12.7. The molecular formula is C21H25N3O5S. The van der Waals surface area contributed by atoms with Crippen LogP contribution in [0.5, 0.6) is 5.75 Å². The molecule has 2 aromatic carbocycles. The van der Waals surface area contributed by atoms with E-state index in [-0.39, 0.29) is 30.5 Å². The van der Waals surface area contributed by atoms with E-state index >= 15 is 0 Å². The second-order valence-electron chi connectivity index (χ2n) is 7.10. The van der Waals surface area contributed by atoms with E-state index in [1.54, 1.807) is 49.1 Å². The number of carbonyl (C=O) groups excluding carboxylic acids is 2. The van der Waals surface area contributed by atoms with Crippen molar-refractivity contribution in [2.24, 2.45) is 5.92 Å². The van der Waals surface area contributed by atoms with E-state index in [0.717, 1.165) is 0 Å². The van der Waals surface area contributed by atoms with Crippen molar-refractivity contribution in [3.05, 3.63) is 48.0 Å². The monoisotopic (exact) mass is 431 g/mol. The highest BCUT2D eigenvalue weighted by molar-refractivity contribution is 7.92. The lowest BCUT2D eigenvalue weighted by atomic mass is 10.1. The van der Waals surface area contributed by atoms with Gasteiger partial charge in [0.05, 0.1) is 30.2 Å². The van der Waals surface area contributed by atoms with Gasteiger partial charge in [0, 0.05) is 18.7 Å². The molecule has 0 bridgehead atoms. The lowest BCUT2D eigenvalue weighted by Gasteiger charge is -2.19. The molecule has 1 saturated heterocycles. The number of hydrogen-bond donors (Lipinski definition) is 2. The van der Waals surface area contributed by atoms with E-state index in [9.17, 15) is 18.0 Å². The molecule has 160 valence electrons. The van der Waals surface area contributed by atoms with Gasteiger partial charge in [-0.05, 0) is 49.7 Å². The van der Waals surface area contributed by atoms with Crippen LogP contribution >= 0.6 is 0 Å². The Hall–Kier alpha value is -3.07. The number of nitrogens with one attached hydrogen (secondary N) is 2. The van der Waals surface area contributed by atoms with Gasteiger partial charge >= 0.3 is 0 Å². The number of nitrogens with zero attached hydrogens (tertiary/aromatic N) is 1. The Balaban J connectivity index is 1.69. The van der Waals surface area contributed by atoms with Gasteiger partial charge in [-0.2, -0.15) is 0 Å². The number of aryl methyl sites for hydroxylation is 1. The van der Waals surface area contributed by atoms with Gasteiger partial charge in [-0.15, -0.1) is 0 Å². The molecule has 1 aliphatic heterocycles. The quantitative estimate of drug-likeness (QED) is 0.701. The first-order valence-electron chi connectivity index (χ1n) is 9.59. The van der Waals surface area contributed by atoms with Gasteiger partial charge in [0.2, 0.25) is 21.8 Å². The highest BCUT2D eigenvalue weighted by Gasteiger charge is 2.36. The van der Waals surface area contributed by atoms with Crippen molar-refractivity contribution in [1.82, 2.24) is 0 Å². The van der Waals surface area contributed by atoms with E-state index in [4.69, 9.17) is 4.74 Å². The molecule has 1 atom stereocenters. The SMILES string of the molecule is CCS(=O)(=O)Nc1ccc(NC(=O)C2CC(=O)N(c3ccccc3OC)C2)cc1C. The van der Waals surface area contributed by atoms with Gasteiger partial charge in [-0.25, -0.2) is 8.42 Å². The smallest absolute Gasteiger partial charge is 0.232 e. The zero-order valence-corrected chi connectivity index (χ0v) is 18.0. The molecular weight excluding hydrogens is 406 g/mol. The summed E-state index contributed by atoms with van der Waals surface area (Å²) in [5.74, 6) is -0.348. The molecule has 0 aromatic heterocycles. The third kappa shape index (κ3) is 4.73. The van der Waals surface area contributed by atoms with Crippen molar-refractivity contribution < 1.29 is 22.7 Å². The molecule has 1 aliphatic rings. The second-order valence-corrected chi connectivity index (χ2v) is 9.11. The summed E-state index contributed by atoms with van der Waals surface area (Å²) in [5.41, 5.74) is 2.33. The summed E-state index contributed by atoms with van der Waals surface area (Å²) in [6, 6.07) is 12.1. The van der Waals surface area contributed by atoms with E-state index in [2.05, 4.69) is 10.0 Å². The minimum Gasteiger partial charge on any atom is -0.495 e. The number of hydrogen-bond acceptors (Lipinski definition) is 5. The van der Waals surface area contributed by atoms with E-state index < -0.39 is 15.9 Å². The minimum atomic E-state index is -3.38. The Morgan fingerprint density at radius 1 is 1.23 bits per heavy atom. The van der Waals surface area contributed by atoms with Crippen molar-refractivity contribution in [2.45, 2.75) is 20.3 Å². The first-order valence-corrected chi connectivity index (χ1v) is 11.2. The lowest BCUT2D eigenvalue weighted by molar-refractivity contribution is -0.122. The minimum absolute atomic E-state index is 0.0245. The third-order valence-corrected chi connectivity index (χ3v) is 6.30. The molecule has 9 heteroatoms. The van der Waals surface area contributed by atoms with Crippen LogP contribution in [0.25, 0.3) is 0 Å². The van der Waals surface area contributed by atoms with Crippen LogP contribution in [0.1, 0.15) is 18.9 Å². The van der Waals surface area contributed by atoms with Crippen LogP contribution in [0.2, 0.25) is 0 Å². The van der Waals surface area contributed by atoms with Gasteiger partial charge in [0.15, 0.2) is 0 Å². The van der Waals surface area contributed by atoms with Crippen LogP contribution in [0.4, 0.5) is 17.1 Å². The Bertz CT molecular complexity index is 1070. The van der Waals surface area contributed by atoms with Gasteiger partial charge in [-0.3, -0.25) is 14.3 Å². The topological polar surface area (TPSA) is 105 Å². The molecule has 0 aliphatic carbocycles. The zero-order valence-electron chi connectivity index (χ0n) is 17.1. The predicted molar refractivity (Wildman–Crippen MR) is 116 cm³/mol. The lowest BCUT2D eigenvalue weighted by Crippen LogP contribution is -2.28. The molecule has 3 rings (SSSR count). The van der Waals surface area contributed by atoms with Gasteiger partial charge in [0.25, 0.3) is 0 Å². The normalized spacial score (nSPS) is 16.4. The van der Waals surface area contributed by atoms with Crippen molar-refractivity contribution in [3.63, 3.8) is 0 Å². The number of amides is 2. The van der Waals surface area contributed by atoms with Crippen molar-refractivity contribution in [3.8, 4) is 5.75 Å². The average Bonchev–Trinajstić information content (AvgIpc) is 3.11. The van der Waals surface area contributed by atoms with E-state index in [1.165, 1.54) is 7.11 Å². The maximum Gasteiger partial charge on any atom is 0.232 e. The van der Waals surface area contributed by atoms with E-state index in [0.29, 0.717) is 28.4 Å². The molecule has 0 radical (unpaired) electrons. The highest BCUT2D eigenvalue weighted by atomic mass is 32.2. The van der Waals surface area contributed by atoms with Gasteiger partial charge in [0.1, 0.15) is 5.75 Å². The number of para-hydroxylation sites is 2. The van der Waals surface area contributed by atoms with Crippen LogP contribution in [-0.2, 0) is 19.6 Å². The first-order chi connectivity index (χ1) is 14.2. The Morgan fingerprint density at radius 2 is 1.97 bits per heavy atom. The Morgan fingerprint density at radius 3 is 2.63 bits per heavy atom. The largest absolute Gasteiger partial charge is 0.495 e. The first kappa shape index (κ1) is 21.6. The molecule has 0 saturated carbocycles. The Labute approximate surface area is 176 Å². The summed E-state index contributed by atoms with van der Waals surface area (Å²) in [6.07, 6.45) is 0.108. The van der Waals surface area contributed by atoms with Gasteiger partial charge in [-0.1, -0.05) is 12.1 Å². The zero-order chi connectivity index (χ0) is 21.9. The number of carbonyl (C=O) groups is 2. The fourth-order valence-corrected chi connectivity index (χ4v) is 4.02. The molecule has 2 aromatic rings. The van der Waals surface area contributed by atoms with Crippen LogP contribution < -0.4 is 19.7 Å². The van der Waals surface area contributed by atoms with Crippen LogP contribution in [-0.4, -0.2) is 39.6 Å². The van der Waals surface area contributed by atoms with Crippen LogP contribution in [0.15, 0.2) is 42.5 Å². The van der Waals surface area contributed by atoms with Crippen molar-refractivity contribution in [2.75, 3.05) is 34.3 Å². The molecule has 1 unspecified atom stereocenters. The highest BCUT2D eigenvalue weighted by Crippen LogP contribution is 2.33. The molecule has 30 heavy (non-hydrogen) atoms. The molecule has 0 spiro atoms. The third-order valence-electron chi connectivity index (χ3n) is 5.01. The van der Waals surface area contributed by atoms with Crippen LogP contribution in [0.3, 0.4) is 0 Å². The van der Waals surface area contributed by atoms with Crippen LogP contribution in [0, 0.1) is 12.8 Å². The van der Waals surface area contributed by atoms with Gasteiger partial charge < -0.3 is 15.0 Å². The summed E-state index contributed by atoms with van der Waals surface area (Å²) < 4.78 is 31.3. The summed E-state index contributed by atoms with van der Waals surface area (Å²) in [7, 11) is -1.84. The van der Waals surface area contributed by atoms with Crippen molar-refractivity contribution in [1.29, 1.82) is 0 Å². The molecule has 1 heterocycles. The second kappa shape index (κ2) is 8.74. The Kier molecular flexibility index (Phi) is 6.31. The number of rotatable bonds is 7. The molecule has 2 amide bonds. The number of sulfonamides is 1. The number of anilines is 3. The summed E-state index contributed by atoms with van der Waals surface area (Å²) in [4.78, 5) is 26.8. The number of methoxy groups -OCH3 is 1. The van der Waals surface area contributed by atoms with Crippen molar-refractivity contribution >= 4 is 38.9 Å². The fraction of sp³-hybridized carbons (Fsp3) is 0.333. The standard InChI is InChI=1S/C21H25N3O5S/c1-4-30(27,28)23-17-10-9-16(11-14(17)2)22-21(26)15-12-20(25)24(13-15)18-7-5-6-8-19(18)29-3/h5-11,15,23H,4,12-13H2,1-3H3,(H,22,26). The van der Waals surface area contributed by atoms with E-state index in [1.807, 2.05) is 12.1 Å². The average molecular weight is 432 g/mol. The molecule has 1 fully saturated rings. The maximum absolute atomic E-state index is 12.7. The predicted octanol–water partition coefficient (Wildman–Crippen LogP) is 2.76.